The number of methoxy groups -OCH3 is 1. The number of carboxylic acids is 1. The Morgan fingerprint density at radius 2 is 2.32 bits per heavy atom. The van der Waals surface area contributed by atoms with Gasteiger partial charge in [0.2, 0.25) is 5.88 Å². The van der Waals surface area contributed by atoms with Crippen LogP contribution in [0.4, 0.5) is 0 Å². The summed E-state index contributed by atoms with van der Waals surface area (Å²) in [6.45, 7) is 1.07. The average molecular weight is 262 g/mol. The number of carbonyl (C=O) groups is 1. The Hall–Kier alpha value is -2.34. The molecular formula is C13H14N2O4. The lowest BCUT2D eigenvalue weighted by Crippen LogP contribution is -2.12. The maximum Gasteiger partial charge on any atom is 0.338 e. The molecule has 0 aliphatic rings. The Labute approximate surface area is 110 Å². The molecule has 6 nitrogen and oxygen atoms in total. The smallest absolute Gasteiger partial charge is 0.338 e. The summed E-state index contributed by atoms with van der Waals surface area (Å²) < 4.78 is 10.2. The molecule has 100 valence electrons. The molecule has 2 rings (SSSR count). The molecule has 19 heavy (non-hydrogen) atoms. The number of hydrogen-bond donors (Lipinski definition) is 2. The van der Waals surface area contributed by atoms with Crippen LogP contribution in [0.25, 0.3) is 0 Å². The minimum absolute atomic E-state index is 0.155. The first-order chi connectivity index (χ1) is 9.19. The zero-order valence-corrected chi connectivity index (χ0v) is 10.4. The first-order valence-corrected chi connectivity index (χ1v) is 5.69. The highest BCUT2D eigenvalue weighted by Gasteiger charge is 2.07. The second kappa shape index (κ2) is 6.01. The lowest BCUT2D eigenvalue weighted by Gasteiger charge is -2.04. The maximum absolute atomic E-state index is 10.7. The number of nitrogens with one attached hydrogen (secondary N) is 1. The quantitative estimate of drug-likeness (QED) is 0.823. The zero-order valence-electron chi connectivity index (χ0n) is 10.4. The third-order valence-corrected chi connectivity index (χ3v) is 2.54. The Morgan fingerprint density at radius 3 is 3.00 bits per heavy atom. The van der Waals surface area contributed by atoms with Crippen molar-refractivity contribution in [3.05, 3.63) is 47.5 Å². The van der Waals surface area contributed by atoms with E-state index in [9.17, 15) is 4.79 Å². The van der Waals surface area contributed by atoms with E-state index in [0.29, 0.717) is 24.7 Å². The van der Waals surface area contributed by atoms with E-state index in [-0.39, 0.29) is 5.56 Å². The number of carboxylic acid groups (broad SMARTS) is 1. The molecule has 0 aliphatic carbocycles. The van der Waals surface area contributed by atoms with E-state index >= 15 is 0 Å². The van der Waals surface area contributed by atoms with Crippen molar-refractivity contribution in [3.63, 3.8) is 0 Å². The van der Waals surface area contributed by atoms with Crippen LogP contribution >= 0.6 is 0 Å². The largest absolute Gasteiger partial charge is 0.481 e. The van der Waals surface area contributed by atoms with Crippen molar-refractivity contribution in [2.75, 3.05) is 7.11 Å². The third kappa shape index (κ3) is 3.56. The van der Waals surface area contributed by atoms with Crippen molar-refractivity contribution in [2.24, 2.45) is 0 Å². The highest BCUT2D eigenvalue weighted by atomic mass is 16.5. The highest BCUT2D eigenvalue weighted by molar-refractivity contribution is 5.87. The lowest BCUT2D eigenvalue weighted by atomic mass is 10.2. The predicted octanol–water partition coefficient (Wildman–Crippen LogP) is 1.67. The number of nitrogens with zero attached hydrogens (tertiary/aromatic N) is 1. The van der Waals surface area contributed by atoms with E-state index in [0.717, 1.165) is 5.56 Å². The van der Waals surface area contributed by atoms with Gasteiger partial charge in [-0.15, -0.1) is 0 Å². The van der Waals surface area contributed by atoms with Crippen molar-refractivity contribution >= 4 is 5.97 Å². The van der Waals surface area contributed by atoms with Gasteiger partial charge in [-0.2, -0.15) is 0 Å². The minimum Gasteiger partial charge on any atom is -0.481 e. The molecule has 2 aromatic rings. The van der Waals surface area contributed by atoms with E-state index in [2.05, 4.69) is 10.3 Å². The normalized spacial score (nSPS) is 10.4. The van der Waals surface area contributed by atoms with E-state index in [1.165, 1.54) is 12.3 Å². The van der Waals surface area contributed by atoms with E-state index < -0.39 is 5.97 Å². The van der Waals surface area contributed by atoms with Gasteiger partial charge in [-0.25, -0.2) is 9.78 Å². The van der Waals surface area contributed by atoms with Gasteiger partial charge in [0.1, 0.15) is 12.0 Å². The third-order valence-electron chi connectivity index (χ3n) is 2.54. The van der Waals surface area contributed by atoms with Gasteiger partial charge in [0.25, 0.3) is 0 Å². The zero-order chi connectivity index (χ0) is 13.7. The number of aromatic nitrogens is 1. The van der Waals surface area contributed by atoms with Crippen molar-refractivity contribution in [3.8, 4) is 5.88 Å². The van der Waals surface area contributed by atoms with Crippen LogP contribution in [0.15, 0.2) is 35.1 Å². The molecule has 0 amide bonds. The molecule has 0 aliphatic heterocycles. The SMILES string of the molecule is COc1cc(CNCc2cc(C(=O)O)co2)ccn1. The minimum atomic E-state index is -0.992. The van der Waals surface area contributed by atoms with Gasteiger partial charge in [0.15, 0.2) is 0 Å². The molecule has 2 heterocycles. The predicted molar refractivity (Wildman–Crippen MR) is 67.0 cm³/mol. The molecule has 2 aromatic heterocycles. The molecule has 0 aromatic carbocycles. The molecule has 0 bridgehead atoms. The molecule has 0 radical (unpaired) electrons. The monoisotopic (exact) mass is 262 g/mol. The fourth-order valence-electron chi connectivity index (χ4n) is 1.59. The first kappa shape index (κ1) is 13.1. The van der Waals surface area contributed by atoms with Gasteiger partial charge >= 0.3 is 5.97 Å². The van der Waals surface area contributed by atoms with Gasteiger partial charge < -0.3 is 19.6 Å². The molecule has 2 N–H and O–H groups in total. The number of furan rings is 1. The summed E-state index contributed by atoms with van der Waals surface area (Å²) in [6.07, 6.45) is 2.90. The maximum atomic E-state index is 10.7. The number of rotatable bonds is 6. The average Bonchev–Trinajstić information content (AvgIpc) is 2.88. The Morgan fingerprint density at radius 1 is 1.47 bits per heavy atom. The second-order valence-corrected chi connectivity index (χ2v) is 3.92. The standard InChI is InChI=1S/C13H14N2O4/c1-18-12-4-9(2-3-15-12)6-14-7-11-5-10(8-19-11)13(16)17/h2-5,8,14H,6-7H2,1H3,(H,16,17). The van der Waals surface area contributed by atoms with Crippen LogP contribution in [0.5, 0.6) is 5.88 Å². The molecule has 0 atom stereocenters. The summed E-state index contributed by atoms with van der Waals surface area (Å²) in [5.74, 6) is 0.151. The number of ether oxygens (including phenoxy) is 1. The van der Waals surface area contributed by atoms with Crippen LogP contribution in [-0.2, 0) is 13.1 Å². The van der Waals surface area contributed by atoms with Crippen LogP contribution in [-0.4, -0.2) is 23.2 Å². The van der Waals surface area contributed by atoms with Crippen molar-refractivity contribution in [1.29, 1.82) is 0 Å². The molecule has 0 unspecified atom stereocenters. The van der Waals surface area contributed by atoms with Gasteiger partial charge in [-0.1, -0.05) is 0 Å². The fourth-order valence-corrected chi connectivity index (χ4v) is 1.59. The van der Waals surface area contributed by atoms with Crippen LogP contribution in [0.2, 0.25) is 0 Å². The van der Waals surface area contributed by atoms with Gasteiger partial charge in [-0.05, 0) is 17.7 Å². The molecule has 0 spiro atoms. The van der Waals surface area contributed by atoms with E-state index in [1.807, 2.05) is 12.1 Å². The van der Waals surface area contributed by atoms with E-state index in [1.54, 1.807) is 13.3 Å². The summed E-state index contributed by atoms with van der Waals surface area (Å²) in [7, 11) is 1.57. The topological polar surface area (TPSA) is 84.6 Å². The van der Waals surface area contributed by atoms with Crippen LogP contribution < -0.4 is 10.1 Å². The Bertz CT molecular complexity index is 565. The molecule has 6 heteroatoms. The second-order valence-electron chi connectivity index (χ2n) is 3.92. The van der Waals surface area contributed by atoms with E-state index in [4.69, 9.17) is 14.3 Å². The molecule has 0 saturated carbocycles. The van der Waals surface area contributed by atoms with Crippen molar-refractivity contribution < 1.29 is 19.1 Å². The van der Waals surface area contributed by atoms with Crippen molar-refractivity contribution in [2.45, 2.75) is 13.1 Å². The Balaban J connectivity index is 1.86. The summed E-state index contributed by atoms with van der Waals surface area (Å²) in [4.78, 5) is 14.7. The number of aromatic carboxylic acids is 1. The fraction of sp³-hybridized carbons (Fsp3) is 0.231. The Kier molecular flexibility index (Phi) is 4.15. The van der Waals surface area contributed by atoms with Crippen LogP contribution in [0, 0.1) is 0 Å². The van der Waals surface area contributed by atoms with Gasteiger partial charge in [0, 0.05) is 18.8 Å². The summed E-state index contributed by atoms with van der Waals surface area (Å²) >= 11 is 0. The molecular weight excluding hydrogens is 248 g/mol. The summed E-state index contributed by atoms with van der Waals surface area (Å²) in [6, 6.07) is 5.21. The van der Waals surface area contributed by atoms with Crippen LogP contribution in [0.3, 0.4) is 0 Å². The number of pyridine rings is 1. The number of hydrogen-bond acceptors (Lipinski definition) is 5. The highest BCUT2D eigenvalue weighted by Crippen LogP contribution is 2.10. The summed E-state index contributed by atoms with van der Waals surface area (Å²) in [5.41, 5.74) is 1.18. The van der Waals surface area contributed by atoms with Crippen molar-refractivity contribution in [1.82, 2.24) is 10.3 Å². The van der Waals surface area contributed by atoms with Crippen LogP contribution in [0.1, 0.15) is 21.7 Å². The lowest BCUT2D eigenvalue weighted by molar-refractivity contribution is 0.0696. The van der Waals surface area contributed by atoms with Gasteiger partial charge in [-0.3, -0.25) is 0 Å². The summed E-state index contributed by atoms with van der Waals surface area (Å²) in [5, 5.41) is 11.9. The molecule has 0 saturated heterocycles. The van der Waals surface area contributed by atoms with Gasteiger partial charge in [0.05, 0.1) is 19.2 Å². The first-order valence-electron chi connectivity index (χ1n) is 5.69. The molecule has 0 fully saturated rings.